The third-order valence-corrected chi connectivity index (χ3v) is 7.06. The number of nitrogens with one attached hydrogen (secondary N) is 1. The highest BCUT2D eigenvalue weighted by molar-refractivity contribution is 6.32. The molecule has 6 rings (SSSR count). The molecular weight excluding hydrogens is 603 g/mol. The molecule has 9 nitrogen and oxygen atoms in total. The molecule has 0 saturated heterocycles. The van der Waals surface area contributed by atoms with Gasteiger partial charge in [0.15, 0.2) is 23.9 Å². The second-order valence-electron chi connectivity index (χ2n) is 9.57. The molecule has 6 aromatic rings. The molecule has 2 aromatic heterocycles. The van der Waals surface area contributed by atoms with Crippen molar-refractivity contribution in [1.29, 1.82) is 0 Å². The van der Waals surface area contributed by atoms with Gasteiger partial charge in [-0.2, -0.15) is 9.78 Å². The molecule has 0 saturated carbocycles. The van der Waals surface area contributed by atoms with Crippen LogP contribution < -0.4 is 20.3 Å². The van der Waals surface area contributed by atoms with E-state index in [2.05, 4.69) is 10.4 Å². The number of furan rings is 1. The SMILES string of the molecule is CCOc1cc(C=Nn2c(-c3cc4ccccc4o3)nc3ccccc3c2=O)cc(Cl)c1OCC(=O)Nc1ccc(Cl)cc1. The van der Waals surface area contributed by atoms with Crippen LogP contribution in [0.3, 0.4) is 0 Å². The second-order valence-corrected chi connectivity index (χ2v) is 10.4. The van der Waals surface area contributed by atoms with E-state index in [1.165, 1.54) is 10.9 Å². The molecule has 0 aliphatic rings. The number of rotatable bonds is 9. The Morgan fingerprint density at radius 2 is 1.77 bits per heavy atom. The largest absolute Gasteiger partial charge is 0.490 e. The van der Waals surface area contributed by atoms with E-state index in [1.807, 2.05) is 43.3 Å². The number of benzene rings is 4. The van der Waals surface area contributed by atoms with Crippen molar-refractivity contribution in [2.24, 2.45) is 5.10 Å². The number of fused-ring (bicyclic) bond motifs is 2. The molecule has 1 N–H and O–H groups in total. The Bertz CT molecular complexity index is 2050. The molecule has 0 bridgehead atoms. The number of hydrogen-bond acceptors (Lipinski definition) is 7. The standard InChI is InChI=1S/C33H24Cl2N4O5/c1-2-42-28-16-20(15-25(35)31(28)43-19-30(40)37-23-13-11-22(34)12-14-23)18-36-39-32(29-17-21-7-3-6-10-27(21)44-29)38-26-9-5-4-8-24(26)33(39)41/h3-18H,2,19H2,1H3,(H,37,40). The molecule has 1 amide bonds. The van der Waals surface area contributed by atoms with Crippen molar-refractivity contribution in [3.63, 3.8) is 0 Å². The quantitative estimate of drug-likeness (QED) is 0.167. The Morgan fingerprint density at radius 1 is 1.00 bits per heavy atom. The highest BCUT2D eigenvalue weighted by atomic mass is 35.5. The zero-order chi connectivity index (χ0) is 30.6. The summed E-state index contributed by atoms with van der Waals surface area (Å²) in [7, 11) is 0. The van der Waals surface area contributed by atoms with Gasteiger partial charge in [0.2, 0.25) is 5.82 Å². The summed E-state index contributed by atoms with van der Waals surface area (Å²) in [6.07, 6.45) is 1.47. The lowest BCUT2D eigenvalue weighted by Gasteiger charge is -2.14. The highest BCUT2D eigenvalue weighted by Crippen LogP contribution is 2.36. The normalized spacial score (nSPS) is 11.3. The Labute approximate surface area is 261 Å². The third kappa shape index (κ3) is 6.15. The molecule has 0 spiro atoms. The van der Waals surface area contributed by atoms with Gasteiger partial charge in [-0.3, -0.25) is 9.59 Å². The summed E-state index contributed by atoms with van der Waals surface area (Å²) in [6.45, 7) is 1.81. The average molecular weight is 627 g/mol. The van der Waals surface area contributed by atoms with E-state index in [4.69, 9.17) is 42.1 Å². The van der Waals surface area contributed by atoms with Crippen molar-refractivity contribution in [1.82, 2.24) is 9.66 Å². The van der Waals surface area contributed by atoms with Crippen LogP contribution in [0.15, 0.2) is 105 Å². The predicted octanol–water partition coefficient (Wildman–Crippen LogP) is 7.41. The zero-order valence-electron chi connectivity index (χ0n) is 23.3. The van der Waals surface area contributed by atoms with Crippen molar-refractivity contribution < 1.29 is 18.7 Å². The van der Waals surface area contributed by atoms with Gasteiger partial charge < -0.3 is 19.2 Å². The Morgan fingerprint density at radius 3 is 2.57 bits per heavy atom. The van der Waals surface area contributed by atoms with Crippen molar-refractivity contribution >= 4 is 62.9 Å². The Hall–Kier alpha value is -5.12. The highest BCUT2D eigenvalue weighted by Gasteiger charge is 2.18. The molecule has 0 aliphatic carbocycles. The van der Waals surface area contributed by atoms with E-state index in [-0.39, 0.29) is 28.8 Å². The molecular formula is C33H24Cl2N4O5. The van der Waals surface area contributed by atoms with Crippen LogP contribution in [0, 0.1) is 0 Å². The number of amides is 1. The van der Waals surface area contributed by atoms with Gasteiger partial charge in [-0.15, -0.1) is 0 Å². The number of para-hydroxylation sites is 2. The van der Waals surface area contributed by atoms with Gasteiger partial charge in [0.05, 0.1) is 28.7 Å². The first kappa shape index (κ1) is 29.0. The van der Waals surface area contributed by atoms with Crippen LogP contribution in [-0.4, -0.2) is 35.0 Å². The molecule has 4 aromatic carbocycles. The monoisotopic (exact) mass is 626 g/mol. The molecule has 2 heterocycles. The van der Waals surface area contributed by atoms with Crippen molar-refractivity contribution in [3.05, 3.63) is 117 Å². The van der Waals surface area contributed by atoms with Gasteiger partial charge in [0.25, 0.3) is 11.5 Å². The van der Waals surface area contributed by atoms with E-state index in [9.17, 15) is 9.59 Å². The lowest BCUT2D eigenvalue weighted by Crippen LogP contribution is -2.20. The summed E-state index contributed by atoms with van der Waals surface area (Å²) < 4.78 is 18.7. The lowest BCUT2D eigenvalue weighted by atomic mass is 10.2. The first-order chi connectivity index (χ1) is 21.4. The molecule has 0 fully saturated rings. The number of aromatic nitrogens is 2. The molecule has 0 aliphatic heterocycles. The van der Waals surface area contributed by atoms with E-state index in [0.717, 1.165) is 5.39 Å². The van der Waals surface area contributed by atoms with Gasteiger partial charge >= 0.3 is 0 Å². The summed E-state index contributed by atoms with van der Waals surface area (Å²) in [5, 5.41) is 9.25. The van der Waals surface area contributed by atoms with Crippen LogP contribution in [-0.2, 0) is 4.79 Å². The number of ether oxygens (including phenoxy) is 2. The van der Waals surface area contributed by atoms with Gasteiger partial charge in [-0.25, -0.2) is 4.98 Å². The smallest absolute Gasteiger partial charge is 0.282 e. The third-order valence-electron chi connectivity index (χ3n) is 6.53. The second kappa shape index (κ2) is 12.6. The van der Waals surface area contributed by atoms with Crippen LogP contribution in [0.5, 0.6) is 11.5 Å². The molecule has 44 heavy (non-hydrogen) atoms. The topological polar surface area (TPSA) is 108 Å². The van der Waals surface area contributed by atoms with Crippen molar-refractivity contribution in [2.45, 2.75) is 6.92 Å². The van der Waals surface area contributed by atoms with E-state index in [1.54, 1.807) is 54.6 Å². The molecule has 0 radical (unpaired) electrons. The van der Waals surface area contributed by atoms with Gasteiger partial charge in [0.1, 0.15) is 5.58 Å². The van der Waals surface area contributed by atoms with Gasteiger partial charge in [-0.1, -0.05) is 53.5 Å². The van der Waals surface area contributed by atoms with Crippen LogP contribution in [0.1, 0.15) is 12.5 Å². The van der Waals surface area contributed by atoms with Crippen molar-refractivity contribution in [2.75, 3.05) is 18.5 Å². The zero-order valence-corrected chi connectivity index (χ0v) is 24.8. The molecule has 0 atom stereocenters. The number of anilines is 1. The first-order valence-corrected chi connectivity index (χ1v) is 14.3. The average Bonchev–Trinajstić information content (AvgIpc) is 3.46. The number of carbonyl (C=O) groups is 1. The molecule has 220 valence electrons. The summed E-state index contributed by atoms with van der Waals surface area (Å²) in [4.78, 5) is 30.8. The fourth-order valence-corrected chi connectivity index (χ4v) is 4.94. The van der Waals surface area contributed by atoms with Crippen molar-refractivity contribution in [3.8, 4) is 23.1 Å². The number of hydrogen-bond donors (Lipinski definition) is 1. The Balaban J connectivity index is 1.32. The van der Waals surface area contributed by atoms with Crippen LogP contribution in [0.4, 0.5) is 5.69 Å². The summed E-state index contributed by atoms with van der Waals surface area (Å²) in [5.74, 6) is 0.744. The number of halogens is 2. The van der Waals surface area contributed by atoms with Gasteiger partial charge in [-0.05, 0) is 73.2 Å². The minimum absolute atomic E-state index is 0.193. The van der Waals surface area contributed by atoms with E-state index >= 15 is 0 Å². The molecule has 11 heteroatoms. The maximum absolute atomic E-state index is 13.6. The predicted molar refractivity (Wildman–Crippen MR) is 172 cm³/mol. The van der Waals surface area contributed by atoms with Crippen LogP contribution in [0.25, 0.3) is 33.5 Å². The summed E-state index contributed by atoms with van der Waals surface area (Å²) in [6, 6.07) is 26.3. The fourth-order valence-electron chi connectivity index (χ4n) is 4.54. The van der Waals surface area contributed by atoms with Crippen LogP contribution >= 0.6 is 23.2 Å². The van der Waals surface area contributed by atoms with Crippen LogP contribution in [0.2, 0.25) is 10.0 Å². The summed E-state index contributed by atoms with van der Waals surface area (Å²) >= 11 is 12.5. The number of carbonyl (C=O) groups excluding carboxylic acids is 1. The minimum atomic E-state index is -0.391. The fraction of sp³-hybridized carbons (Fsp3) is 0.0909. The number of nitrogens with zero attached hydrogens (tertiary/aromatic N) is 3. The maximum atomic E-state index is 13.6. The Kier molecular flexibility index (Phi) is 8.31. The summed E-state index contributed by atoms with van der Waals surface area (Å²) in [5.41, 5.74) is 1.90. The molecule has 0 unspecified atom stereocenters. The van der Waals surface area contributed by atoms with Gasteiger partial charge in [0, 0.05) is 16.1 Å². The first-order valence-electron chi connectivity index (χ1n) is 13.6. The van der Waals surface area contributed by atoms with E-state index < -0.39 is 5.91 Å². The van der Waals surface area contributed by atoms with E-state index in [0.29, 0.717) is 50.9 Å². The minimum Gasteiger partial charge on any atom is -0.490 e. The maximum Gasteiger partial charge on any atom is 0.282 e. The lowest BCUT2D eigenvalue weighted by molar-refractivity contribution is -0.118.